The Balaban J connectivity index is 1.68. The highest BCUT2D eigenvalue weighted by Crippen LogP contribution is 2.29. The first kappa shape index (κ1) is 15.3. The van der Waals surface area contributed by atoms with E-state index in [1.54, 1.807) is 11.9 Å². The molecule has 0 bridgehead atoms. The van der Waals surface area contributed by atoms with Crippen molar-refractivity contribution in [1.29, 1.82) is 0 Å². The summed E-state index contributed by atoms with van der Waals surface area (Å²) in [5, 5.41) is 3.07. The van der Waals surface area contributed by atoms with Gasteiger partial charge in [-0.15, -0.1) is 0 Å². The van der Waals surface area contributed by atoms with Gasteiger partial charge < -0.3 is 10.2 Å². The van der Waals surface area contributed by atoms with E-state index in [0.29, 0.717) is 6.42 Å². The van der Waals surface area contributed by atoms with Gasteiger partial charge in [0, 0.05) is 13.1 Å². The van der Waals surface area contributed by atoms with Crippen LogP contribution in [0.3, 0.4) is 0 Å². The molecule has 22 heavy (non-hydrogen) atoms. The van der Waals surface area contributed by atoms with Gasteiger partial charge >= 0.3 is 6.03 Å². The van der Waals surface area contributed by atoms with Gasteiger partial charge in [-0.1, -0.05) is 24.3 Å². The van der Waals surface area contributed by atoms with Crippen molar-refractivity contribution < 1.29 is 13.2 Å². The summed E-state index contributed by atoms with van der Waals surface area (Å²) in [4.78, 5) is 14.0. The van der Waals surface area contributed by atoms with Gasteiger partial charge in [0.05, 0.1) is 17.5 Å². The molecule has 120 valence electrons. The van der Waals surface area contributed by atoms with Gasteiger partial charge in [0.1, 0.15) is 0 Å². The summed E-state index contributed by atoms with van der Waals surface area (Å²) in [6.07, 6.45) is 3.58. The quantitative estimate of drug-likeness (QED) is 0.904. The molecule has 1 N–H and O–H groups in total. The lowest BCUT2D eigenvalue weighted by Crippen LogP contribution is -2.45. The van der Waals surface area contributed by atoms with E-state index in [1.807, 2.05) is 12.1 Å². The second-order valence-electron chi connectivity index (χ2n) is 6.26. The van der Waals surface area contributed by atoms with Crippen molar-refractivity contribution in [2.45, 2.75) is 37.8 Å². The number of sulfone groups is 1. The topological polar surface area (TPSA) is 66.5 Å². The summed E-state index contributed by atoms with van der Waals surface area (Å²) >= 11 is 0. The number of hydrogen-bond donors (Lipinski definition) is 1. The third kappa shape index (κ3) is 3.11. The van der Waals surface area contributed by atoms with Gasteiger partial charge in [-0.2, -0.15) is 0 Å². The van der Waals surface area contributed by atoms with Crippen LogP contribution in [-0.2, 0) is 16.3 Å². The summed E-state index contributed by atoms with van der Waals surface area (Å²) in [5.74, 6) is 0.264. The van der Waals surface area contributed by atoms with Crippen LogP contribution in [0, 0.1) is 0 Å². The highest BCUT2D eigenvalue weighted by Gasteiger charge is 2.33. The van der Waals surface area contributed by atoms with E-state index in [0.717, 1.165) is 19.3 Å². The minimum Gasteiger partial charge on any atom is -0.331 e. The Morgan fingerprint density at radius 3 is 2.77 bits per heavy atom. The molecular formula is C16H22N2O3S. The van der Waals surface area contributed by atoms with Crippen molar-refractivity contribution in [1.82, 2.24) is 10.2 Å². The smallest absolute Gasteiger partial charge is 0.317 e. The zero-order valence-electron chi connectivity index (χ0n) is 12.8. The molecule has 0 saturated carbocycles. The number of rotatable bonds is 2. The molecule has 6 heteroatoms. The van der Waals surface area contributed by atoms with Gasteiger partial charge in [-0.25, -0.2) is 13.2 Å². The van der Waals surface area contributed by atoms with Crippen LogP contribution in [0.1, 0.15) is 36.4 Å². The number of aryl methyl sites for hydroxylation is 1. The molecule has 1 aromatic rings. The molecule has 1 saturated heterocycles. The van der Waals surface area contributed by atoms with Crippen LogP contribution in [0.4, 0.5) is 4.79 Å². The molecule has 0 spiro atoms. The number of carbonyl (C=O) groups excluding carboxylic acids is 1. The first-order chi connectivity index (χ1) is 10.5. The van der Waals surface area contributed by atoms with Crippen LogP contribution in [-0.4, -0.2) is 43.9 Å². The van der Waals surface area contributed by atoms with Crippen LogP contribution in [0.25, 0.3) is 0 Å². The van der Waals surface area contributed by atoms with E-state index in [-0.39, 0.29) is 29.6 Å². The highest BCUT2D eigenvalue weighted by molar-refractivity contribution is 7.91. The number of nitrogens with one attached hydrogen (secondary N) is 1. The maximum absolute atomic E-state index is 12.4. The number of carbonyl (C=O) groups is 1. The molecule has 0 aromatic heterocycles. The summed E-state index contributed by atoms with van der Waals surface area (Å²) < 4.78 is 23.1. The average Bonchev–Trinajstić information content (AvgIpc) is 2.87. The molecule has 1 heterocycles. The van der Waals surface area contributed by atoms with E-state index in [1.165, 1.54) is 11.1 Å². The van der Waals surface area contributed by atoms with Gasteiger partial charge in [0.2, 0.25) is 0 Å². The highest BCUT2D eigenvalue weighted by atomic mass is 32.2. The second kappa shape index (κ2) is 5.91. The maximum atomic E-state index is 12.4. The summed E-state index contributed by atoms with van der Waals surface area (Å²) in [5.41, 5.74) is 2.49. The van der Waals surface area contributed by atoms with E-state index in [9.17, 15) is 13.2 Å². The lowest BCUT2D eigenvalue weighted by Gasteiger charge is -2.30. The number of urea groups is 1. The Labute approximate surface area is 131 Å². The molecule has 0 radical (unpaired) electrons. The molecule has 1 aromatic carbocycles. The average molecular weight is 322 g/mol. The molecule has 1 aliphatic carbocycles. The summed E-state index contributed by atoms with van der Waals surface area (Å²) in [7, 11) is -1.29. The largest absolute Gasteiger partial charge is 0.331 e. The van der Waals surface area contributed by atoms with Crippen LogP contribution in [0.15, 0.2) is 24.3 Å². The molecule has 2 amide bonds. The van der Waals surface area contributed by atoms with Crippen LogP contribution in [0.5, 0.6) is 0 Å². The Hall–Kier alpha value is -1.56. The van der Waals surface area contributed by atoms with Crippen molar-refractivity contribution in [2.24, 2.45) is 0 Å². The third-order valence-electron chi connectivity index (χ3n) is 4.74. The van der Waals surface area contributed by atoms with E-state index < -0.39 is 9.84 Å². The van der Waals surface area contributed by atoms with E-state index >= 15 is 0 Å². The van der Waals surface area contributed by atoms with Gasteiger partial charge in [0.15, 0.2) is 9.84 Å². The molecular weight excluding hydrogens is 300 g/mol. The first-order valence-electron chi connectivity index (χ1n) is 7.78. The zero-order chi connectivity index (χ0) is 15.7. The Morgan fingerprint density at radius 2 is 2.05 bits per heavy atom. The lowest BCUT2D eigenvalue weighted by atomic mass is 9.88. The first-order valence-corrected chi connectivity index (χ1v) is 9.60. The summed E-state index contributed by atoms with van der Waals surface area (Å²) in [6, 6.07) is 7.85. The van der Waals surface area contributed by atoms with E-state index in [2.05, 4.69) is 17.4 Å². The molecule has 1 fully saturated rings. The SMILES string of the molecule is CN(C(=O)N[C@H]1CCCc2ccccc21)[C@@H]1CCS(=O)(=O)C1. The van der Waals surface area contributed by atoms with Gasteiger partial charge in [-0.05, 0) is 36.8 Å². The third-order valence-corrected chi connectivity index (χ3v) is 6.49. The predicted molar refractivity (Wildman–Crippen MR) is 85.5 cm³/mol. The second-order valence-corrected chi connectivity index (χ2v) is 8.49. The zero-order valence-corrected chi connectivity index (χ0v) is 13.6. The molecule has 2 atom stereocenters. The lowest BCUT2D eigenvalue weighted by molar-refractivity contribution is 0.189. The predicted octanol–water partition coefficient (Wildman–Crippen LogP) is 1.89. The molecule has 0 unspecified atom stereocenters. The number of hydrogen-bond acceptors (Lipinski definition) is 3. The van der Waals surface area contributed by atoms with Crippen molar-refractivity contribution >= 4 is 15.9 Å². The normalized spacial score (nSPS) is 26.2. The number of fused-ring (bicyclic) bond motifs is 1. The van der Waals surface area contributed by atoms with E-state index in [4.69, 9.17) is 0 Å². The fourth-order valence-electron chi connectivity index (χ4n) is 3.40. The Morgan fingerprint density at radius 1 is 1.27 bits per heavy atom. The van der Waals surface area contributed by atoms with Gasteiger partial charge in [0.25, 0.3) is 0 Å². The number of nitrogens with zero attached hydrogens (tertiary/aromatic N) is 1. The molecule has 3 rings (SSSR count). The van der Waals surface area contributed by atoms with Gasteiger partial charge in [-0.3, -0.25) is 0 Å². The monoisotopic (exact) mass is 322 g/mol. The summed E-state index contributed by atoms with van der Waals surface area (Å²) in [6.45, 7) is 0. The maximum Gasteiger partial charge on any atom is 0.317 e. The fraction of sp³-hybridized carbons (Fsp3) is 0.562. The Bertz CT molecular complexity index is 672. The number of benzene rings is 1. The van der Waals surface area contributed by atoms with Crippen LogP contribution >= 0.6 is 0 Å². The van der Waals surface area contributed by atoms with Crippen molar-refractivity contribution in [3.63, 3.8) is 0 Å². The minimum absolute atomic E-state index is 0.0258. The van der Waals surface area contributed by atoms with Crippen LogP contribution in [0.2, 0.25) is 0 Å². The molecule has 1 aliphatic heterocycles. The Kier molecular flexibility index (Phi) is 4.12. The molecule has 2 aliphatic rings. The van der Waals surface area contributed by atoms with Crippen LogP contribution < -0.4 is 5.32 Å². The van der Waals surface area contributed by atoms with Crippen molar-refractivity contribution in [3.8, 4) is 0 Å². The number of amides is 2. The molecule has 5 nitrogen and oxygen atoms in total. The minimum atomic E-state index is -2.98. The van der Waals surface area contributed by atoms with Crippen molar-refractivity contribution in [2.75, 3.05) is 18.6 Å². The fourth-order valence-corrected chi connectivity index (χ4v) is 5.18. The van der Waals surface area contributed by atoms with Crippen molar-refractivity contribution in [3.05, 3.63) is 35.4 Å². The standard InChI is InChI=1S/C16H22N2O3S/c1-18(13-9-10-22(20,21)11-13)16(19)17-15-8-4-6-12-5-2-3-7-14(12)15/h2-3,5,7,13,15H,4,6,8-11H2,1H3,(H,17,19)/t13-,15+/m1/s1.